The number of rotatable bonds is 3. The topological polar surface area (TPSA) is 126 Å². The molecule has 1 aliphatic carbocycles. The molecule has 114 valence electrons. The van der Waals surface area contributed by atoms with Gasteiger partial charge in [-0.05, 0) is 24.7 Å². The van der Waals surface area contributed by atoms with Gasteiger partial charge in [-0.1, -0.05) is 0 Å². The summed E-state index contributed by atoms with van der Waals surface area (Å²) in [4.78, 5) is 13.8. The van der Waals surface area contributed by atoms with Crippen molar-refractivity contribution in [1.29, 1.82) is 0 Å². The first-order valence-corrected chi connectivity index (χ1v) is 7.79. The number of carbonyl (C=O) groups is 1. The minimum atomic E-state index is -4.75. The number of fused-ring (bicyclic) bond motifs is 3. The van der Waals surface area contributed by atoms with Crippen molar-refractivity contribution in [2.75, 3.05) is 6.54 Å². The van der Waals surface area contributed by atoms with Gasteiger partial charge >= 0.3 is 16.4 Å². The van der Waals surface area contributed by atoms with E-state index in [4.69, 9.17) is 8.97 Å². The lowest BCUT2D eigenvalue weighted by atomic mass is 9.85. The van der Waals surface area contributed by atoms with E-state index in [-0.39, 0.29) is 5.41 Å². The fourth-order valence-corrected chi connectivity index (χ4v) is 3.73. The number of aromatic nitrogens is 2. The SMILES string of the molecule is O=C1N(OS(=O)(=O)O)C2CN1[C@H](c1nnco1)CC21CC1. The average Bonchev–Trinajstić information content (AvgIpc) is 2.87. The Morgan fingerprint density at radius 2 is 2.24 bits per heavy atom. The normalized spacial score (nSPS) is 30.2. The van der Waals surface area contributed by atoms with E-state index in [0.717, 1.165) is 17.9 Å². The molecule has 0 aromatic carbocycles. The first kappa shape index (κ1) is 13.0. The summed E-state index contributed by atoms with van der Waals surface area (Å²) >= 11 is 0. The van der Waals surface area contributed by atoms with E-state index >= 15 is 0 Å². The molecule has 1 N–H and O–H groups in total. The third-order valence-electron chi connectivity index (χ3n) is 4.50. The lowest BCUT2D eigenvalue weighted by Crippen LogP contribution is -2.43. The zero-order valence-electron chi connectivity index (χ0n) is 10.7. The first-order valence-electron chi connectivity index (χ1n) is 6.43. The van der Waals surface area contributed by atoms with Crippen molar-refractivity contribution < 1.29 is 26.5 Å². The largest absolute Gasteiger partial charge is 0.426 e. The lowest BCUT2D eigenvalue weighted by molar-refractivity contribution is -0.0529. The Hall–Kier alpha value is -1.72. The summed E-state index contributed by atoms with van der Waals surface area (Å²) in [5.41, 5.74) is -0.216. The van der Waals surface area contributed by atoms with Gasteiger partial charge in [-0.3, -0.25) is 4.55 Å². The highest BCUT2D eigenvalue weighted by Crippen LogP contribution is 2.61. The highest BCUT2D eigenvalue weighted by atomic mass is 32.3. The van der Waals surface area contributed by atoms with Gasteiger partial charge in [-0.25, -0.2) is 4.79 Å². The molecule has 1 saturated carbocycles. The monoisotopic (exact) mass is 316 g/mol. The average molecular weight is 316 g/mol. The minimum Gasteiger partial charge on any atom is -0.426 e. The summed E-state index contributed by atoms with van der Waals surface area (Å²) in [6.07, 6.45) is 3.51. The van der Waals surface area contributed by atoms with E-state index in [1.807, 2.05) is 0 Å². The second-order valence-corrected chi connectivity index (χ2v) is 6.64. The molecule has 4 rings (SSSR count). The number of hydrogen-bond donors (Lipinski definition) is 1. The number of piperidine rings is 1. The zero-order valence-corrected chi connectivity index (χ0v) is 11.6. The first-order chi connectivity index (χ1) is 9.90. The van der Waals surface area contributed by atoms with Crippen LogP contribution in [0, 0.1) is 5.41 Å². The summed E-state index contributed by atoms with van der Waals surface area (Å²) in [5, 5.41) is 8.23. The van der Waals surface area contributed by atoms with E-state index in [9.17, 15) is 13.2 Å². The van der Waals surface area contributed by atoms with Crippen LogP contribution in [0.1, 0.15) is 31.2 Å². The van der Waals surface area contributed by atoms with Gasteiger partial charge in [0, 0.05) is 6.54 Å². The van der Waals surface area contributed by atoms with Gasteiger partial charge < -0.3 is 9.32 Å². The van der Waals surface area contributed by atoms with Gasteiger partial charge in [-0.2, -0.15) is 13.5 Å². The van der Waals surface area contributed by atoms with E-state index in [0.29, 0.717) is 18.9 Å². The van der Waals surface area contributed by atoms with Crippen LogP contribution >= 0.6 is 0 Å². The van der Waals surface area contributed by atoms with E-state index in [1.54, 1.807) is 0 Å². The lowest BCUT2D eigenvalue weighted by Gasteiger charge is -2.34. The molecule has 2 aliphatic heterocycles. The maximum atomic E-state index is 12.3. The molecule has 3 heterocycles. The van der Waals surface area contributed by atoms with Crippen LogP contribution in [0.2, 0.25) is 0 Å². The standard InChI is InChI=1S/C10H12N4O6S/c15-9-13-4-7(14(9)20-21(16,17)18)10(1-2-10)3-6(13)8-12-11-5-19-8/h5-7H,1-4H2,(H,16,17,18)/t6-,7?/m0/s1. The Balaban J connectivity index is 1.70. The van der Waals surface area contributed by atoms with Crippen LogP contribution < -0.4 is 0 Å². The predicted octanol–water partition coefficient (Wildman–Crippen LogP) is 0.135. The fraction of sp³-hybridized carbons (Fsp3) is 0.700. The maximum absolute atomic E-state index is 12.3. The number of carbonyl (C=O) groups excluding carboxylic acids is 1. The van der Waals surface area contributed by atoms with Crippen LogP contribution in [0.4, 0.5) is 4.79 Å². The molecule has 2 bridgehead atoms. The Labute approximate surface area is 119 Å². The molecular formula is C10H12N4O6S. The maximum Gasteiger partial charge on any atom is 0.418 e. The second kappa shape index (κ2) is 3.93. The summed E-state index contributed by atoms with van der Waals surface area (Å²) in [5.74, 6) is 0.321. The molecule has 1 unspecified atom stereocenters. The van der Waals surface area contributed by atoms with Crippen LogP contribution in [0.15, 0.2) is 10.8 Å². The zero-order chi connectivity index (χ0) is 14.8. The highest BCUT2D eigenvalue weighted by Gasteiger charge is 2.64. The minimum absolute atomic E-state index is 0.216. The van der Waals surface area contributed by atoms with Crippen molar-refractivity contribution in [2.45, 2.75) is 31.3 Å². The summed E-state index contributed by atoms with van der Waals surface area (Å²) < 4.78 is 40.4. The molecule has 11 heteroatoms. The molecule has 1 aromatic rings. The quantitative estimate of drug-likeness (QED) is 0.780. The molecule has 3 aliphatic rings. The fourth-order valence-electron chi connectivity index (χ4n) is 3.36. The van der Waals surface area contributed by atoms with Crippen molar-refractivity contribution in [3.05, 3.63) is 12.3 Å². The number of hydroxylamine groups is 2. The van der Waals surface area contributed by atoms with Gasteiger partial charge in [0.1, 0.15) is 6.04 Å². The smallest absolute Gasteiger partial charge is 0.418 e. The molecule has 3 fully saturated rings. The van der Waals surface area contributed by atoms with Crippen molar-refractivity contribution in [1.82, 2.24) is 20.2 Å². The summed E-state index contributed by atoms with van der Waals surface area (Å²) in [6.45, 7) is 0.307. The number of hydrogen-bond acceptors (Lipinski definition) is 7. The Bertz CT molecular complexity index is 684. The molecule has 21 heavy (non-hydrogen) atoms. The van der Waals surface area contributed by atoms with Crippen molar-refractivity contribution in [2.24, 2.45) is 5.41 Å². The third-order valence-corrected chi connectivity index (χ3v) is 4.85. The molecule has 2 atom stereocenters. The van der Waals surface area contributed by atoms with Gasteiger partial charge in [0.05, 0.1) is 6.04 Å². The van der Waals surface area contributed by atoms with E-state index in [2.05, 4.69) is 14.5 Å². The van der Waals surface area contributed by atoms with E-state index in [1.165, 1.54) is 11.3 Å². The van der Waals surface area contributed by atoms with Crippen LogP contribution in [0.3, 0.4) is 0 Å². The number of amides is 2. The molecule has 2 amide bonds. The second-order valence-electron chi connectivity index (χ2n) is 5.64. The summed E-state index contributed by atoms with van der Waals surface area (Å²) in [6, 6.07) is -1.41. The Morgan fingerprint density at radius 1 is 1.48 bits per heavy atom. The van der Waals surface area contributed by atoms with Crippen molar-refractivity contribution >= 4 is 16.4 Å². The van der Waals surface area contributed by atoms with Gasteiger partial charge in [0.15, 0.2) is 0 Å². The van der Waals surface area contributed by atoms with Crippen LogP contribution in [-0.2, 0) is 14.7 Å². The molecule has 10 nitrogen and oxygen atoms in total. The molecule has 1 spiro atoms. The molecular weight excluding hydrogens is 304 g/mol. The van der Waals surface area contributed by atoms with Crippen LogP contribution in [0.25, 0.3) is 0 Å². The predicted molar refractivity (Wildman–Crippen MR) is 63.7 cm³/mol. The van der Waals surface area contributed by atoms with Crippen LogP contribution in [-0.4, -0.2) is 51.7 Å². The van der Waals surface area contributed by atoms with Gasteiger partial charge in [0.2, 0.25) is 12.3 Å². The van der Waals surface area contributed by atoms with Crippen molar-refractivity contribution in [3.8, 4) is 0 Å². The number of nitrogens with zero attached hydrogens (tertiary/aromatic N) is 4. The van der Waals surface area contributed by atoms with Gasteiger partial charge in [0.25, 0.3) is 0 Å². The van der Waals surface area contributed by atoms with Crippen LogP contribution in [0.5, 0.6) is 0 Å². The molecule has 0 radical (unpaired) electrons. The molecule has 1 aromatic heterocycles. The Morgan fingerprint density at radius 3 is 2.81 bits per heavy atom. The number of urea groups is 1. The van der Waals surface area contributed by atoms with E-state index < -0.39 is 28.5 Å². The summed E-state index contributed by atoms with van der Waals surface area (Å²) in [7, 11) is -4.75. The Kier molecular flexibility index (Phi) is 2.43. The van der Waals surface area contributed by atoms with Crippen molar-refractivity contribution in [3.63, 3.8) is 0 Å². The molecule has 2 saturated heterocycles. The third kappa shape index (κ3) is 1.92. The van der Waals surface area contributed by atoms with Gasteiger partial charge in [-0.15, -0.1) is 14.5 Å². The highest BCUT2D eigenvalue weighted by molar-refractivity contribution is 7.80.